The summed E-state index contributed by atoms with van der Waals surface area (Å²) in [5.74, 6) is -0.520. The summed E-state index contributed by atoms with van der Waals surface area (Å²) in [5, 5.41) is 20.9. The van der Waals surface area contributed by atoms with Gasteiger partial charge in [-0.1, -0.05) is 24.3 Å². The van der Waals surface area contributed by atoms with Gasteiger partial charge in [0.1, 0.15) is 17.4 Å². The zero-order valence-electron chi connectivity index (χ0n) is 16.1. The van der Waals surface area contributed by atoms with Gasteiger partial charge in [0.05, 0.1) is 28.2 Å². The van der Waals surface area contributed by atoms with E-state index >= 15 is 0 Å². The smallest absolute Gasteiger partial charge is 0.262 e. The van der Waals surface area contributed by atoms with Gasteiger partial charge in [0.25, 0.3) is 11.8 Å². The summed E-state index contributed by atoms with van der Waals surface area (Å²) in [6.45, 7) is 0. The van der Waals surface area contributed by atoms with E-state index in [9.17, 15) is 20.0 Å². The molecular formula is C22H18N4O3S. The quantitative estimate of drug-likeness (QED) is 0.358. The molecule has 7 nitrogen and oxygen atoms in total. The van der Waals surface area contributed by atoms with Crippen LogP contribution in [0.1, 0.15) is 33.0 Å². The standard InChI is InChI=1S/C22H18N4O3S/c1-30-11-10-18(26-21(28)13-6-2-3-7-14(13)22(26)29)19(27)15(12-23)20-24-16-8-4-5-9-17(16)25-20/h2-9,18,27H,10-11H2,1H3,(H,24,25)/t18-/m1/s1. The second kappa shape index (κ2) is 8.05. The van der Waals surface area contributed by atoms with Crippen molar-refractivity contribution in [1.82, 2.24) is 14.9 Å². The third-order valence-electron chi connectivity index (χ3n) is 5.04. The Labute approximate surface area is 177 Å². The van der Waals surface area contributed by atoms with Crippen LogP contribution in [0.25, 0.3) is 16.6 Å². The first kappa shape index (κ1) is 19.7. The van der Waals surface area contributed by atoms with E-state index in [1.165, 1.54) is 11.8 Å². The van der Waals surface area contributed by atoms with Gasteiger partial charge in [0.2, 0.25) is 0 Å². The molecule has 1 aliphatic rings. The highest BCUT2D eigenvalue weighted by atomic mass is 32.2. The van der Waals surface area contributed by atoms with Crippen molar-refractivity contribution >= 4 is 40.2 Å². The number of allylic oxidation sites excluding steroid dienone is 1. The minimum atomic E-state index is -0.965. The van der Waals surface area contributed by atoms with Crippen molar-refractivity contribution in [3.8, 4) is 6.07 Å². The van der Waals surface area contributed by atoms with Crippen molar-refractivity contribution in [2.24, 2.45) is 0 Å². The van der Waals surface area contributed by atoms with E-state index in [-0.39, 0.29) is 17.2 Å². The van der Waals surface area contributed by atoms with Crippen molar-refractivity contribution < 1.29 is 14.7 Å². The van der Waals surface area contributed by atoms with Crippen LogP contribution in [0.5, 0.6) is 0 Å². The molecule has 0 aliphatic carbocycles. The highest BCUT2D eigenvalue weighted by Crippen LogP contribution is 2.31. The first-order chi connectivity index (χ1) is 14.6. The average Bonchev–Trinajstić information content (AvgIpc) is 3.29. The maximum absolute atomic E-state index is 13.0. The monoisotopic (exact) mass is 418 g/mol. The Morgan fingerprint density at radius 3 is 2.40 bits per heavy atom. The molecular weight excluding hydrogens is 400 g/mol. The number of benzene rings is 2. The Balaban J connectivity index is 1.80. The maximum Gasteiger partial charge on any atom is 0.262 e. The fraction of sp³-hybridized carbons (Fsp3) is 0.182. The fourth-order valence-corrected chi connectivity index (χ4v) is 4.04. The van der Waals surface area contributed by atoms with E-state index in [1.54, 1.807) is 30.3 Å². The zero-order valence-corrected chi connectivity index (χ0v) is 16.9. The lowest BCUT2D eigenvalue weighted by atomic mass is 10.1. The molecule has 150 valence electrons. The Morgan fingerprint density at radius 2 is 1.80 bits per heavy atom. The average molecular weight is 418 g/mol. The number of imidazole rings is 1. The number of rotatable bonds is 6. The van der Waals surface area contributed by atoms with Crippen molar-refractivity contribution in [2.75, 3.05) is 12.0 Å². The summed E-state index contributed by atoms with van der Waals surface area (Å²) in [4.78, 5) is 34.4. The third-order valence-corrected chi connectivity index (χ3v) is 5.69. The molecule has 0 unspecified atom stereocenters. The number of amides is 2. The molecule has 1 aromatic heterocycles. The van der Waals surface area contributed by atoms with E-state index in [2.05, 4.69) is 9.97 Å². The zero-order chi connectivity index (χ0) is 21.3. The number of aliphatic hydroxyl groups is 1. The van der Waals surface area contributed by atoms with Gasteiger partial charge in [0, 0.05) is 0 Å². The van der Waals surface area contributed by atoms with Gasteiger partial charge in [-0.25, -0.2) is 4.98 Å². The Bertz CT molecular complexity index is 1160. The highest BCUT2D eigenvalue weighted by Gasteiger charge is 2.42. The largest absolute Gasteiger partial charge is 0.509 e. The number of nitriles is 1. The molecule has 1 aliphatic heterocycles. The molecule has 0 radical (unpaired) electrons. The lowest BCUT2D eigenvalue weighted by molar-refractivity contribution is 0.0573. The SMILES string of the molecule is CSCC[C@H](C(O)=C(C#N)c1nc2ccccc2[nH]1)N1C(=O)c2ccccc2C1=O. The number of para-hydroxylation sites is 2. The predicted molar refractivity (Wildman–Crippen MR) is 115 cm³/mol. The Morgan fingerprint density at radius 1 is 1.17 bits per heavy atom. The number of hydrogen-bond acceptors (Lipinski definition) is 6. The summed E-state index contributed by atoms with van der Waals surface area (Å²) < 4.78 is 0. The number of hydrogen-bond donors (Lipinski definition) is 2. The molecule has 2 heterocycles. The number of aromatic amines is 1. The number of aliphatic hydroxyl groups excluding tert-OH is 1. The predicted octanol–water partition coefficient (Wildman–Crippen LogP) is 3.77. The lowest BCUT2D eigenvalue weighted by Crippen LogP contribution is -2.42. The minimum Gasteiger partial charge on any atom is -0.509 e. The van der Waals surface area contributed by atoms with Crippen LogP contribution in [0.2, 0.25) is 0 Å². The van der Waals surface area contributed by atoms with Crippen LogP contribution >= 0.6 is 11.8 Å². The van der Waals surface area contributed by atoms with Crippen LogP contribution in [-0.2, 0) is 0 Å². The molecule has 0 spiro atoms. The maximum atomic E-state index is 13.0. The van der Waals surface area contributed by atoms with Gasteiger partial charge in [0.15, 0.2) is 5.82 Å². The summed E-state index contributed by atoms with van der Waals surface area (Å²) in [5.41, 5.74) is 1.87. The number of aromatic nitrogens is 2. The highest BCUT2D eigenvalue weighted by molar-refractivity contribution is 7.98. The molecule has 2 aromatic carbocycles. The fourth-order valence-electron chi connectivity index (χ4n) is 3.58. The molecule has 0 saturated heterocycles. The number of fused-ring (bicyclic) bond motifs is 2. The molecule has 0 bridgehead atoms. The van der Waals surface area contributed by atoms with Crippen LogP contribution < -0.4 is 0 Å². The van der Waals surface area contributed by atoms with Gasteiger partial charge < -0.3 is 10.1 Å². The van der Waals surface area contributed by atoms with Gasteiger partial charge in [-0.05, 0) is 42.7 Å². The Hall–Kier alpha value is -3.57. The molecule has 3 aromatic rings. The molecule has 2 N–H and O–H groups in total. The van der Waals surface area contributed by atoms with E-state index in [0.717, 1.165) is 10.4 Å². The number of imide groups is 1. The minimum absolute atomic E-state index is 0.0890. The molecule has 4 rings (SSSR count). The topological polar surface area (TPSA) is 110 Å². The van der Waals surface area contributed by atoms with Crippen LogP contribution in [0.4, 0.5) is 0 Å². The van der Waals surface area contributed by atoms with Crippen molar-refractivity contribution in [3.05, 3.63) is 71.2 Å². The Kier molecular flexibility index (Phi) is 5.29. The van der Waals surface area contributed by atoms with Crippen LogP contribution in [0.3, 0.4) is 0 Å². The van der Waals surface area contributed by atoms with Gasteiger partial charge in [-0.15, -0.1) is 0 Å². The molecule has 8 heteroatoms. The van der Waals surface area contributed by atoms with Crippen LogP contribution in [0, 0.1) is 11.3 Å². The van der Waals surface area contributed by atoms with Crippen molar-refractivity contribution in [3.63, 3.8) is 0 Å². The molecule has 1 atom stereocenters. The summed E-state index contributed by atoms with van der Waals surface area (Å²) in [7, 11) is 0. The number of nitrogens with one attached hydrogen (secondary N) is 1. The van der Waals surface area contributed by atoms with E-state index in [4.69, 9.17) is 0 Å². The van der Waals surface area contributed by atoms with E-state index < -0.39 is 17.9 Å². The number of H-pyrrole nitrogens is 1. The second-order valence-corrected chi connectivity index (χ2v) is 7.78. The molecule has 2 amide bonds. The van der Waals surface area contributed by atoms with E-state index in [1.807, 2.05) is 30.5 Å². The van der Waals surface area contributed by atoms with Gasteiger partial charge in [-0.2, -0.15) is 17.0 Å². The number of carbonyl (C=O) groups is 2. The summed E-state index contributed by atoms with van der Waals surface area (Å²) in [6.07, 6.45) is 2.20. The lowest BCUT2D eigenvalue weighted by Gasteiger charge is -2.26. The number of thioether (sulfide) groups is 1. The molecule has 0 saturated carbocycles. The first-order valence-corrected chi connectivity index (χ1v) is 10.7. The molecule has 30 heavy (non-hydrogen) atoms. The van der Waals surface area contributed by atoms with E-state index in [0.29, 0.717) is 28.8 Å². The first-order valence-electron chi connectivity index (χ1n) is 9.31. The van der Waals surface area contributed by atoms with Gasteiger partial charge in [-0.3, -0.25) is 14.5 Å². The number of nitrogens with zero attached hydrogens (tertiary/aromatic N) is 3. The van der Waals surface area contributed by atoms with Crippen molar-refractivity contribution in [2.45, 2.75) is 12.5 Å². The summed E-state index contributed by atoms with van der Waals surface area (Å²) in [6, 6.07) is 14.8. The van der Waals surface area contributed by atoms with Gasteiger partial charge >= 0.3 is 0 Å². The van der Waals surface area contributed by atoms with Crippen molar-refractivity contribution in [1.29, 1.82) is 5.26 Å². The second-order valence-electron chi connectivity index (χ2n) is 6.80. The number of carbonyl (C=O) groups excluding carboxylic acids is 2. The summed E-state index contributed by atoms with van der Waals surface area (Å²) >= 11 is 1.52. The third kappa shape index (κ3) is 3.23. The van der Waals surface area contributed by atoms with Crippen LogP contribution in [-0.4, -0.2) is 49.8 Å². The normalized spacial score (nSPS) is 15.1. The molecule has 0 fully saturated rings. The van der Waals surface area contributed by atoms with Crippen LogP contribution in [0.15, 0.2) is 54.3 Å².